The summed E-state index contributed by atoms with van der Waals surface area (Å²) in [5, 5.41) is 0. The first-order chi connectivity index (χ1) is 5.20. The Morgan fingerprint density at radius 2 is 1.73 bits per heavy atom. The van der Waals surface area contributed by atoms with Gasteiger partial charge in [-0.1, -0.05) is 20.8 Å². The second kappa shape index (κ2) is 2.46. The quantitative estimate of drug-likeness (QED) is 0.531. The van der Waals surface area contributed by atoms with E-state index >= 15 is 0 Å². The number of rotatable bonds is 0. The van der Waals surface area contributed by atoms with Crippen LogP contribution < -0.4 is 0 Å². The molecule has 2 bridgehead atoms. The fraction of sp³-hybridized carbons (Fsp3) is 1.00. The van der Waals surface area contributed by atoms with E-state index in [9.17, 15) is 0 Å². The Hall–Kier alpha value is -0.0800. The van der Waals surface area contributed by atoms with Gasteiger partial charge in [0.25, 0.3) is 0 Å². The van der Waals surface area contributed by atoms with Crippen molar-refractivity contribution in [2.45, 2.75) is 33.2 Å². The van der Waals surface area contributed by atoms with E-state index in [1.165, 1.54) is 0 Å². The van der Waals surface area contributed by atoms with Crippen LogP contribution in [0.1, 0.15) is 20.8 Å². The molecule has 11 heavy (non-hydrogen) atoms. The number of hydrogen-bond donors (Lipinski definition) is 0. The van der Waals surface area contributed by atoms with Crippen LogP contribution in [-0.2, 0) is 9.47 Å². The number of hydrogen-bond acceptors (Lipinski definition) is 2. The maximum absolute atomic E-state index is 5.67. The van der Waals surface area contributed by atoms with E-state index in [-0.39, 0.29) is 6.29 Å². The smallest absolute Gasteiger partial charge is 0.160 e. The highest BCUT2D eigenvalue weighted by Gasteiger charge is 2.44. The van der Waals surface area contributed by atoms with Crippen LogP contribution in [0.4, 0.5) is 0 Å². The summed E-state index contributed by atoms with van der Waals surface area (Å²) in [7, 11) is 0. The minimum Gasteiger partial charge on any atom is -0.350 e. The van der Waals surface area contributed by atoms with Crippen molar-refractivity contribution in [1.29, 1.82) is 0 Å². The third kappa shape index (κ3) is 1.00. The summed E-state index contributed by atoms with van der Waals surface area (Å²) in [6.45, 7) is 7.58. The maximum atomic E-state index is 5.67. The molecule has 0 aromatic rings. The molecule has 0 amide bonds. The average Bonchev–Trinajstić information content (AvgIpc) is 2.44. The van der Waals surface area contributed by atoms with Gasteiger partial charge in [-0.2, -0.15) is 0 Å². The highest BCUT2D eigenvalue weighted by Crippen LogP contribution is 2.39. The predicted octanol–water partition coefficient (Wildman–Crippen LogP) is 1.65. The highest BCUT2D eigenvalue weighted by molar-refractivity contribution is 4.86. The maximum Gasteiger partial charge on any atom is 0.160 e. The van der Waals surface area contributed by atoms with Crippen LogP contribution in [0.5, 0.6) is 0 Å². The van der Waals surface area contributed by atoms with E-state index in [0.29, 0.717) is 17.9 Å². The SMILES string of the molecule is CC1[C@H](C)C2CO[C@H](O2)[C@H]1C. The van der Waals surface area contributed by atoms with E-state index in [4.69, 9.17) is 9.47 Å². The minimum atomic E-state index is 0.0891. The van der Waals surface area contributed by atoms with Gasteiger partial charge < -0.3 is 9.47 Å². The van der Waals surface area contributed by atoms with Crippen LogP contribution >= 0.6 is 0 Å². The van der Waals surface area contributed by atoms with Crippen molar-refractivity contribution in [2.24, 2.45) is 17.8 Å². The minimum absolute atomic E-state index is 0.0891. The Balaban J connectivity index is 2.16. The summed E-state index contributed by atoms with van der Waals surface area (Å²) >= 11 is 0. The van der Waals surface area contributed by atoms with Crippen molar-refractivity contribution >= 4 is 0 Å². The Morgan fingerprint density at radius 1 is 1.00 bits per heavy atom. The zero-order valence-electron chi connectivity index (χ0n) is 7.41. The molecule has 64 valence electrons. The Labute approximate surface area is 67.9 Å². The fourth-order valence-electron chi connectivity index (χ4n) is 2.06. The standard InChI is InChI=1S/C9H16O2/c1-5-6(2)8-4-10-9(11-8)7(5)3/h5-9H,4H2,1-3H3/t5?,6-,7-,8?,9+/m0/s1. The molecule has 2 unspecified atom stereocenters. The van der Waals surface area contributed by atoms with Crippen LogP contribution in [0.25, 0.3) is 0 Å². The van der Waals surface area contributed by atoms with Gasteiger partial charge in [0.15, 0.2) is 6.29 Å². The molecule has 0 spiro atoms. The number of fused-ring (bicyclic) bond motifs is 2. The molecule has 0 aliphatic carbocycles. The molecule has 2 aliphatic heterocycles. The summed E-state index contributed by atoms with van der Waals surface area (Å²) in [6.07, 6.45) is 0.456. The van der Waals surface area contributed by atoms with Crippen LogP contribution in [0.3, 0.4) is 0 Å². The van der Waals surface area contributed by atoms with Gasteiger partial charge in [0, 0.05) is 5.92 Å². The summed E-state index contributed by atoms with van der Waals surface area (Å²) in [5.74, 6) is 1.95. The number of ether oxygens (including phenoxy) is 2. The molecule has 2 aliphatic rings. The molecule has 2 fully saturated rings. The molecule has 0 aromatic heterocycles. The van der Waals surface area contributed by atoms with E-state index < -0.39 is 0 Å². The highest BCUT2D eigenvalue weighted by atomic mass is 16.7. The normalized spacial score (nSPS) is 56.5. The van der Waals surface area contributed by atoms with Gasteiger partial charge >= 0.3 is 0 Å². The van der Waals surface area contributed by atoms with Gasteiger partial charge in [-0.15, -0.1) is 0 Å². The lowest BCUT2D eigenvalue weighted by molar-refractivity contribution is -0.150. The lowest BCUT2D eigenvalue weighted by Crippen LogP contribution is -2.39. The molecule has 2 nitrogen and oxygen atoms in total. The van der Waals surface area contributed by atoms with Gasteiger partial charge in [-0.25, -0.2) is 0 Å². The van der Waals surface area contributed by atoms with Crippen molar-refractivity contribution in [3.8, 4) is 0 Å². The molecular weight excluding hydrogens is 140 g/mol. The van der Waals surface area contributed by atoms with E-state index in [1.807, 2.05) is 0 Å². The molecule has 2 rings (SSSR count). The molecule has 0 saturated carbocycles. The first-order valence-electron chi connectivity index (χ1n) is 4.47. The van der Waals surface area contributed by atoms with E-state index in [2.05, 4.69) is 20.8 Å². The Morgan fingerprint density at radius 3 is 2.45 bits per heavy atom. The second-order valence-corrected chi connectivity index (χ2v) is 3.95. The molecule has 0 radical (unpaired) electrons. The molecule has 2 heterocycles. The summed E-state index contributed by atoms with van der Waals surface area (Å²) in [5.41, 5.74) is 0. The van der Waals surface area contributed by atoms with E-state index in [1.54, 1.807) is 0 Å². The van der Waals surface area contributed by atoms with Crippen LogP contribution in [0.2, 0.25) is 0 Å². The van der Waals surface area contributed by atoms with E-state index in [0.717, 1.165) is 12.5 Å². The van der Waals surface area contributed by atoms with Crippen molar-refractivity contribution in [3.05, 3.63) is 0 Å². The van der Waals surface area contributed by atoms with Crippen molar-refractivity contribution in [3.63, 3.8) is 0 Å². The van der Waals surface area contributed by atoms with Crippen molar-refractivity contribution in [2.75, 3.05) is 6.61 Å². The average molecular weight is 156 g/mol. The first-order valence-corrected chi connectivity index (χ1v) is 4.47. The molecule has 0 N–H and O–H groups in total. The van der Waals surface area contributed by atoms with Gasteiger partial charge in [0.1, 0.15) is 0 Å². The summed E-state index contributed by atoms with van der Waals surface area (Å²) in [4.78, 5) is 0. The molecule has 2 saturated heterocycles. The Kier molecular flexibility index (Phi) is 1.69. The van der Waals surface area contributed by atoms with Crippen molar-refractivity contribution in [1.82, 2.24) is 0 Å². The second-order valence-electron chi connectivity index (χ2n) is 3.95. The Bertz CT molecular complexity index is 138. The largest absolute Gasteiger partial charge is 0.350 e. The van der Waals surface area contributed by atoms with Gasteiger partial charge in [0.2, 0.25) is 0 Å². The fourth-order valence-corrected chi connectivity index (χ4v) is 2.06. The zero-order valence-corrected chi connectivity index (χ0v) is 7.41. The molecular formula is C9H16O2. The van der Waals surface area contributed by atoms with Crippen LogP contribution in [0.15, 0.2) is 0 Å². The first kappa shape index (κ1) is 7.56. The zero-order chi connectivity index (χ0) is 8.01. The lowest BCUT2D eigenvalue weighted by atomic mass is 9.80. The topological polar surface area (TPSA) is 18.5 Å². The summed E-state index contributed by atoms with van der Waals surface area (Å²) in [6, 6.07) is 0. The lowest BCUT2D eigenvalue weighted by Gasteiger charge is -2.35. The third-order valence-corrected chi connectivity index (χ3v) is 3.41. The summed E-state index contributed by atoms with van der Waals surface area (Å²) < 4.78 is 11.2. The molecule has 5 atom stereocenters. The van der Waals surface area contributed by atoms with Gasteiger partial charge in [0.05, 0.1) is 12.7 Å². The molecule has 2 heteroatoms. The van der Waals surface area contributed by atoms with Gasteiger partial charge in [-0.3, -0.25) is 0 Å². The van der Waals surface area contributed by atoms with Crippen LogP contribution in [0, 0.1) is 17.8 Å². The third-order valence-electron chi connectivity index (χ3n) is 3.41. The van der Waals surface area contributed by atoms with Crippen LogP contribution in [-0.4, -0.2) is 19.0 Å². The monoisotopic (exact) mass is 156 g/mol. The predicted molar refractivity (Wildman–Crippen MR) is 42.1 cm³/mol. The molecule has 0 aromatic carbocycles. The van der Waals surface area contributed by atoms with Gasteiger partial charge in [-0.05, 0) is 11.8 Å². The van der Waals surface area contributed by atoms with Crippen molar-refractivity contribution < 1.29 is 9.47 Å².